The van der Waals surface area contributed by atoms with Crippen molar-refractivity contribution in [3.63, 3.8) is 0 Å². The molecule has 1 atom stereocenters. The van der Waals surface area contributed by atoms with E-state index in [2.05, 4.69) is 20.6 Å². The molecule has 1 aromatic heterocycles. The number of nitrogens with one attached hydrogen (secondary N) is 2. The molecule has 0 spiro atoms. The second kappa shape index (κ2) is 5.47. The molecule has 1 amide bonds. The van der Waals surface area contributed by atoms with Crippen LogP contribution in [0.3, 0.4) is 0 Å². The third-order valence-corrected chi connectivity index (χ3v) is 3.35. The highest BCUT2D eigenvalue weighted by atomic mass is 19.4. The van der Waals surface area contributed by atoms with Gasteiger partial charge in [0.2, 0.25) is 11.9 Å². The van der Waals surface area contributed by atoms with Crippen LogP contribution in [-0.4, -0.2) is 34.5 Å². The Kier molecular flexibility index (Phi) is 4.04. The zero-order chi connectivity index (χ0) is 15.7. The summed E-state index contributed by atoms with van der Waals surface area (Å²) < 4.78 is 38.3. The SMILES string of the molecule is Cc1cc(C(F)(F)F)nc(NC2(C(N)=O)CCCNC2)n1. The molecule has 0 aromatic carbocycles. The monoisotopic (exact) mass is 303 g/mol. The van der Waals surface area contributed by atoms with Gasteiger partial charge in [0.25, 0.3) is 0 Å². The van der Waals surface area contributed by atoms with E-state index in [1.165, 1.54) is 6.92 Å². The maximum Gasteiger partial charge on any atom is 0.433 e. The summed E-state index contributed by atoms with van der Waals surface area (Å²) in [6.45, 7) is 2.37. The van der Waals surface area contributed by atoms with Gasteiger partial charge < -0.3 is 16.4 Å². The third-order valence-electron chi connectivity index (χ3n) is 3.35. The lowest BCUT2D eigenvalue weighted by Crippen LogP contribution is -2.59. The largest absolute Gasteiger partial charge is 0.433 e. The zero-order valence-electron chi connectivity index (χ0n) is 11.4. The molecule has 9 heteroatoms. The number of hydrogen-bond donors (Lipinski definition) is 3. The van der Waals surface area contributed by atoms with Gasteiger partial charge in [-0.3, -0.25) is 4.79 Å². The number of nitrogens with two attached hydrogens (primary N) is 1. The Balaban J connectivity index is 2.33. The van der Waals surface area contributed by atoms with Crippen molar-refractivity contribution in [2.45, 2.75) is 31.5 Å². The molecule has 116 valence electrons. The molecule has 2 heterocycles. The highest BCUT2D eigenvalue weighted by Crippen LogP contribution is 2.29. The number of carbonyl (C=O) groups is 1. The van der Waals surface area contributed by atoms with Crippen LogP contribution in [0.1, 0.15) is 24.2 Å². The van der Waals surface area contributed by atoms with Crippen LogP contribution < -0.4 is 16.4 Å². The summed E-state index contributed by atoms with van der Waals surface area (Å²) in [6, 6.07) is 0.848. The van der Waals surface area contributed by atoms with Gasteiger partial charge in [-0.1, -0.05) is 0 Å². The van der Waals surface area contributed by atoms with E-state index in [-0.39, 0.29) is 18.2 Å². The fraction of sp³-hybridized carbons (Fsp3) is 0.583. The van der Waals surface area contributed by atoms with Crippen molar-refractivity contribution in [2.24, 2.45) is 5.73 Å². The molecule has 2 rings (SSSR count). The van der Waals surface area contributed by atoms with E-state index in [0.717, 1.165) is 12.6 Å². The van der Waals surface area contributed by atoms with Crippen LogP contribution in [-0.2, 0) is 11.0 Å². The summed E-state index contributed by atoms with van der Waals surface area (Å²) in [5.74, 6) is -0.891. The predicted octanol–water partition coefficient (Wildman–Crippen LogP) is 0.823. The zero-order valence-corrected chi connectivity index (χ0v) is 11.4. The summed E-state index contributed by atoms with van der Waals surface area (Å²) in [4.78, 5) is 19.0. The highest BCUT2D eigenvalue weighted by Gasteiger charge is 2.40. The molecule has 1 saturated heterocycles. The van der Waals surface area contributed by atoms with Crippen molar-refractivity contribution in [2.75, 3.05) is 18.4 Å². The van der Waals surface area contributed by atoms with Gasteiger partial charge in [0.15, 0.2) is 0 Å². The number of carbonyl (C=O) groups excluding carboxylic acids is 1. The molecule has 4 N–H and O–H groups in total. The first-order valence-corrected chi connectivity index (χ1v) is 6.45. The summed E-state index contributed by atoms with van der Waals surface area (Å²) in [6.07, 6.45) is -3.49. The van der Waals surface area contributed by atoms with Crippen LogP contribution in [0.5, 0.6) is 0 Å². The number of halogens is 3. The minimum Gasteiger partial charge on any atom is -0.368 e. The first kappa shape index (κ1) is 15.5. The van der Waals surface area contributed by atoms with Gasteiger partial charge in [0, 0.05) is 12.2 Å². The molecule has 0 aliphatic carbocycles. The molecule has 1 unspecified atom stereocenters. The van der Waals surface area contributed by atoms with E-state index in [9.17, 15) is 18.0 Å². The quantitative estimate of drug-likeness (QED) is 0.769. The first-order valence-electron chi connectivity index (χ1n) is 6.45. The molecular weight excluding hydrogens is 287 g/mol. The van der Waals surface area contributed by atoms with E-state index < -0.39 is 23.3 Å². The number of aryl methyl sites for hydroxylation is 1. The van der Waals surface area contributed by atoms with E-state index in [1.54, 1.807) is 0 Å². The van der Waals surface area contributed by atoms with Crippen molar-refractivity contribution < 1.29 is 18.0 Å². The van der Waals surface area contributed by atoms with Gasteiger partial charge in [-0.2, -0.15) is 13.2 Å². The molecular formula is C12H16F3N5O. The highest BCUT2D eigenvalue weighted by molar-refractivity contribution is 5.88. The van der Waals surface area contributed by atoms with E-state index in [4.69, 9.17) is 5.73 Å². The summed E-state index contributed by atoms with van der Waals surface area (Å²) in [7, 11) is 0. The Hall–Kier alpha value is -1.90. The number of aromatic nitrogens is 2. The van der Waals surface area contributed by atoms with Crippen molar-refractivity contribution in [1.29, 1.82) is 0 Å². The number of anilines is 1. The summed E-state index contributed by atoms with van der Waals surface area (Å²) in [5.41, 5.74) is 3.32. The predicted molar refractivity (Wildman–Crippen MR) is 69.4 cm³/mol. The minimum atomic E-state index is -4.57. The van der Waals surface area contributed by atoms with Crippen LogP contribution >= 0.6 is 0 Å². The third kappa shape index (κ3) is 3.41. The Bertz CT molecular complexity index is 540. The van der Waals surface area contributed by atoms with Crippen LogP contribution in [0.25, 0.3) is 0 Å². The first-order chi connectivity index (χ1) is 9.73. The standard InChI is InChI=1S/C12H16F3N5O/c1-7-5-8(12(13,14)15)19-10(18-7)20-11(9(16)21)3-2-4-17-6-11/h5,17H,2-4,6H2,1H3,(H2,16,21)(H,18,19,20). The normalized spacial score (nSPS) is 22.9. The van der Waals surface area contributed by atoms with Gasteiger partial charge in [0.05, 0.1) is 0 Å². The van der Waals surface area contributed by atoms with E-state index in [0.29, 0.717) is 12.8 Å². The maximum absolute atomic E-state index is 12.8. The Morgan fingerprint density at radius 2 is 2.19 bits per heavy atom. The molecule has 0 radical (unpaired) electrons. The Labute approximate surface area is 119 Å². The topological polar surface area (TPSA) is 92.9 Å². The molecule has 1 fully saturated rings. The molecule has 1 aliphatic heterocycles. The van der Waals surface area contributed by atoms with E-state index in [1.807, 2.05) is 0 Å². The molecule has 21 heavy (non-hydrogen) atoms. The minimum absolute atomic E-state index is 0.156. The fourth-order valence-corrected chi connectivity index (χ4v) is 2.27. The van der Waals surface area contributed by atoms with Gasteiger partial charge in [-0.15, -0.1) is 0 Å². The van der Waals surface area contributed by atoms with Crippen LogP contribution in [0.15, 0.2) is 6.07 Å². The number of hydrogen-bond acceptors (Lipinski definition) is 5. The number of alkyl halides is 3. The molecule has 0 bridgehead atoms. The van der Waals surface area contributed by atoms with Crippen molar-refractivity contribution >= 4 is 11.9 Å². The summed E-state index contributed by atoms with van der Waals surface area (Å²) in [5, 5.41) is 5.68. The average molecular weight is 303 g/mol. The lowest BCUT2D eigenvalue weighted by molar-refractivity contribution is -0.141. The van der Waals surface area contributed by atoms with Crippen LogP contribution in [0, 0.1) is 6.92 Å². The van der Waals surface area contributed by atoms with Gasteiger partial charge in [-0.05, 0) is 32.4 Å². The van der Waals surface area contributed by atoms with Gasteiger partial charge >= 0.3 is 6.18 Å². The van der Waals surface area contributed by atoms with Gasteiger partial charge in [-0.25, -0.2) is 9.97 Å². The fourth-order valence-electron chi connectivity index (χ4n) is 2.27. The molecule has 1 aliphatic rings. The van der Waals surface area contributed by atoms with Crippen molar-refractivity contribution in [3.8, 4) is 0 Å². The number of nitrogens with zero attached hydrogens (tertiary/aromatic N) is 2. The average Bonchev–Trinajstić information content (AvgIpc) is 2.38. The summed E-state index contributed by atoms with van der Waals surface area (Å²) >= 11 is 0. The lowest BCUT2D eigenvalue weighted by atomic mass is 9.89. The molecule has 0 saturated carbocycles. The van der Waals surface area contributed by atoms with E-state index >= 15 is 0 Å². The van der Waals surface area contributed by atoms with Crippen molar-refractivity contribution in [3.05, 3.63) is 17.5 Å². The van der Waals surface area contributed by atoms with Gasteiger partial charge in [0.1, 0.15) is 11.2 Å². The molecule has 6 nitrogen and oxygen atoms in total. The van der Waals surface area contributed by atoms with Crippen molar-refractivity contribution in [1.82, 2.24) is 15.3 Å². The molecule has 1 aromatic rings. The second-order valence-corrected chi connectivity index (χ2v) is 5.07. The lowest BCUT2D eigenvalue weighted by Gasteiger charge is -2.35. The number of primary amides is 1. The Morgan fingerprint density at radius 3 is 2.71 bits per heavy atom. The number of rotatable bonds is 3. The number of amides is 1. The Morgan fingerprint density at radius 1 is 1.48 bits per heavy atom. The van der Waals surface area contributed by atoms with Crippen LogP contribution in [0.2, 0.25) is 0 Å². The van der Waals surface area contributed by atoms with Crippen LogP contribution in [0.4, 0.5) is 19.1 Å². The smallest absolute Gasteiger partial charge is 0.368 e. The second-order valence-electron chi connectivity index (χ2n) is 5.07. The number of piperidine rings is 1. The maximum atomic E-state index is 12.8.